The van der Waals surface area contributed by atoms with Crippen LogP contribution in [0.3, 0.4) is 0 Å². The van der Waals surface area contributed by atoms with Crippen molar-refractivity contribution >= 4 is 31.7 Å². The van der Waals surface area contributed by atoms with E-state index in [9.17, 15) is 13.0 Å². The molecule has 5 heteroatoms. The van der Waals surface area contributed by atoms with Gasteiger partial charge in [-0.1, -0.05) is 30.3 Å². The zero-order valence-electron chi connectivity index (χ0n) is 11.4. The number of fused-ring (bicyclic) bond motifs is 2. The minimum atomic E-state index is -4.33. The second-order valence-corrected chi connectivity index (χ2v) is 6.11. The molecular formula is C16H14O4S. The molecule has 0 aromatic heterocycles. The van der Waals surface area contributed by atoms with Crippen LogP contribution in [-0.2, 0) is 10.1 Å². The molecule has 3 rings (SSSR count). The van der Waals surface area contributed by atoms with Crippen LogP contribution in [-0.4, -0.2) is 19.6 Å². The van der Waals surface area contributed by atoms with Crippen LogP contribution in [0.4, 0.5) is 0 Å². The normalized spacial score (nSPS) is 11.9. The number of benzene rings is 3. The maximum Gasteiger partial charge on any atom is 0.298 e. The van der Waals surface area contributed by atoms with Gasteiger partial charge in [0, 0.05) is 5.39 Å². The predicted molar refractivity (Wildman–Crippen MR) is 82.4 cm³/mol. The molecule has 0 radical (unpaired) electrons. The molecule has 0 atom stereocenters. The van der Waals surface area contributed by atoms with E-state index in [-0.39, 0.29) is 10.6 Å². The van der Waals surface area contributed by atoms with Crippen molar-refractivity contribution in [2.45, 2.75) is 11.8 Å². The summed E-state index contributed by atoms with van der Waals surface area (Å²) in [6.07, 6.45) is 0. The number of ether oxygens (including phenoxy) is 1. The Morgan fingerprint density at radius 2 is 1.67 bits per heavy atom. The molecule has 21 heavy (non-hydrogen) atoms. The van der Waals surface area contributed by atoms with Crippen molar-refractivity contribution in [2.75, 3.05) is 6.61 Å². The lowest BCUT2D eigenvalue weighted by atomic mass is 10.0. The van der Waals surface area contributed by atoms with Crippen molar-refractivity contribution in [3.05, 3.63) is 48.5 Å². The fourth-order valence-corrected chi connectivity index (χ4v) is 3.11. The fourth-order valence-electron chi connectivity index (χ4n) is 2.46. The molecule has 108 valence electrons. The maximum absolute atomic E-state index is 11.5. The summed E-state index contributed by atoms with van der Waals surface area (Å²) >= 11 is 0. The van der Waals surface area contributed by atoms with Gasteiger partial charge in [0.2, 0.25) is 0 Å². The molecule has 3 aromatic carbocycles. The van der Waals surface area contributed by atoms with Crippen LogP contribution in [0, 0.1) is 0 Å². The molecule has 0 saturated heterocycles. The van der Waals surface area contributed by atoms with Crippen molar-refractivity contribution in [3.8, 4) is 5.75 Å². The minimum Gasteiger partial charge on any atom is -0.492 e. The first-order chi connectivity index (χ1) is 10.0. The van der Waals surface area contributed by atoms with Gasteiger partial charge < -0.3 is 4.74 Å². The Balaban J connectivity index is 2.43. The largest absolute Gasteiger partial charge is 0.492 e. The molecule has 0 heterocycles. The molecule has 0 fully saturated rings. The molecule has 4 nitrogen and oxygen atoms in total. The molecule has 1 N–H and O–H groups in total. The third kappa shape index (κ3) is 2.46. The Bertz CT molecular complexity index is 930. The van der Waals surface area contributed by atoms with Crippen molar-refractivity contribution in [1.29, 1.82) is 0 Å². The SMILES string of the molecule is CCOc1c(S(=O)(=O)O)ccc2cc3ccccc3cc12. The van der Waals surface area contributed by atoms with E-state index in [0.717, 1.165) is 16.2 Å². The fraction of sp³-hybridized carbons (Fsp3) is 0.125. The van der Waals surface area contributed by atoms with E-state index in [2.05, 4.69) is 0 Å². The number of hydrogen-bond donors (Lipinski definition) is 1. The first-order valence-electron chi connectivity index (χ1n) is 6.56. The topological polar surface area (TPSA) is 63.6 Å². The summed E-state index contributed by atoms with van der Waals surface area (Å²) in [5.74, 6) is 0.197. The number of rotatable bonds is 3. The highest BCUT2D eigenvalue weighted by Gasteiger charge is 2.19. The molecular weight excluding hydrogens is 288 g/mol. The Morgan fingerprint density at radius 1 is 1.00 bits per heavy atom. The van der Waals surface area contributed by atoms with Crippen LogP contribution in [0.25, 0.3) is 21.5 Å². The Morgan fingerprint density at radius 3 is 2.29 bits per heavy atom. The van der Waals surface area contributed by atoms with Gasteiger partial charge >= 0.3 is 0 Å². The van der Waals surface area contributed by atoms with E-state index >= 15 is 0 Å². The highest BCUT2D eigenvalue weighted by molar-refractivity contribution is 7.86. The summed E-state index contributed by atoms with van der Waals surface area (Å²) in [6.45, 7) is 2.09. The van der Waals surface area contributed by atoms with Crippen LogP contribution in [0.1, 0.15) is 6.92 Å². The average Bonchev–Trinajstić information content (AvgIpc) is 2.44. The second-order valence-electron chi connectivity index (χ2n) is 4.72. The molecule has 0 aliphatic heterocycles. The van der Waals surface area contributed by atoms with Crippen LogP contribution in [0.15, 0.2) is 53.4 Å². The number of hydrogen-bond acceptors (Lipinski definition) is 3. The van der Waals surface area contributed by atoms with Crippen LogP contribution in [0.5, 0.6) is 5.75 Å². The third-order valence-corrected chi connectivity index (χ3v) is 4.24. The van der Waals surface area contributed by atoms with E-state index in [1.165, 1.54) is 6.07 Å². The lowest BCUT2D eigenvalue weighted by molar-refractivity contribution is 0.333. The zero-order valence-corrected chi connectivity index (χ0v) is 12.2. The van der Waals surface area contributed by atoms with E-state index in [1.807, 2.05) is 36.4 Å². The summed E-state index contributed by atoms with van der Waals surface area (Å²) in [5, 5.41) is 3.58. The van der Waals surface area contributed by atoms with Gasteiger partial charge in [-0.2, -0.15) is 8.42 Å². The summed E-state index contributed by atoms with van der Waals surface area (Å²) < 4.78 is 37.9. The van der Waals surface area contributed by atoms with E-state index in [0.29, 0.717) is 12.0 Å². The minimum absolute atomic E-state index is 0.197. The van der Waals surface area contributed by atoms with Gasteiger partial charge in [0.1, 0.15) is 10.6 Å². The molecule has 0 unspecified atom stereocenters. The third-order valence-electron chi connectivity index (χ3n) is 3.37. The highest BCUT2D eigenvalue weighted by atomic mass is 32.2. The zero-order chi connectivity index (χ0) is 15.0. The summed E-state index contributed by atoms with van der Waals surface area (Å²) in [7, 11) is -4.33. The molecule has 0 saturated carbocycles. The van der Waals surface area contributed by atoms with Crippen molar-refractivity contribution < 1.29 is 17.7 Å². The van der Waals surface area contributed by atoms with Gasteiger partial charge in [0.25, 0.3) is 10.1 Å². The van der Waals surface area contributed by atoms with Crippen LogP contribution >= 0.6 is 0 Å². The molecule has 0 amide bonds. The first-order valence-corrected chi connectivity index (χ1v) is 8.00. The van der Waals surface area contributed by atoms with Crippen LogP contribution in [0.2, 0.25) is 0 Å². The molecule has 0 bridgehead atoms. The van der Waals surface area contributed by atoms with E-state index < -0.39 is 10.1 Å². The van der Waals surface area contributed by atoms with Gasteiger partial charge in [-0.05, 0) is 41.3 Å². The van der Waals surface area contributed by atoms with Gasteiger partial charge in [-0.25, -0.2) is 0 Å². The van der Waals surface area contributed by atoms with E-state index in [4.69, 9.17) is 4.74 Å². The van der Waals surface area contributed by atoms with Crippen molar-refractivity contribution in [3.63, 3.8) is 0 Å². The second kappa shape index (κ2) is 5.02. The Kier molecular flexibility index (Phi) is 3.31. The smallest absolute Gasteiger partial charge is 0.298 e. The Labute approximate surface area is 122 Å². The van der Waals surface area contributed by atoms with Gasteiger partial charge in [-0.15, -0.1) is 0 Å². The summed E-state index contributed by atoms with van der Waals surface area (Å²) in [5.41, 5.74) is 0. The molecule has 0 aliphatic rings. The van der Waals surface area contributed by atoms with Gasteiger partial charge in [0.15, 0.2) is 0 Å². The average molecular weight is 302 g/mol. The first kappa shape index (κ1) is 13.9. The van der Waals surface area contributed by atoms with E-state index in [1.54, 1.807) is 13.0 Å². The molecule has 3 aromatic rings. The van der Waals surface area contributed by atoms with Crippen molar-refractivity contribution in [2.24, 2.45) is 0 Å². The lowest BCUT2D eigenvalue weighted by Crippen LogP contribution is -2.04. The van der Waals surface area contributed by atoms with Gasteiger partial charge in [-0.3, -0.25) is 4.55 Å². The Hall–Kier alpha value is -2.11. The quantitative estimate of drug-likeness (QED) is 0.592. The van der Waals surface area contributed by atoms with Crippen LogP contribution < -0.4 is 4.74 Å². The molecule has 0 spiro atoms. The van der Waals surface area contributed by atoms with Crippen molar-refractivity contribution in [1.82, 2.24) is 0 Å². The summed E-state index contributed by atoms with van der Waals surface area (Å²) in [4.78, 5) is -0.202. The monoisotopic (exact) mass is 302 g/mol. The predicted octanol–water partition coefficient (Wildman–Crippen LogP) is 3.64. The highest BCUT2D eigenvalue weighted by Crippen LogP contribution is 2.35. The summed E-state index contributed by atoms with van der Waals surface area (Å²) in [6, 6.07) is 14.7. The standard InChI is InChI=1S/C16H14O4S/c1-2-20-16-14-10-12-6-4-3-5-11(12)9-13(14)7-8-15(16)21(17,18)19/h3-10H,2H2,1H3,(H,17,18,19). The lowest BCUT2D eigenvalue weighted by Gasteiger charge is -2.12. The maximum atomic E-state index is 11.5. The molecule has 0 aliphatic carbocycles. The van der Waals surface area contributed by atoms with Gasteiger partial charge in [0.05, 0.1) is 6.61 Å².